The number of thiophene rings is 1. The summed E-state index contributed by atoms with van der Waals surface area (Å²) in [5, 5.41) is 1.03. The Labute approximate surface area is 117 Å². The molecule has 2 atom stereocenters. The van der Waals surface area contributed by atoms with Crippen molar-refractivity contribution in [3.05, 3.63) is 17.3 Å². The van der Waals surface area contributed by atoms with Gasteiger partial charge in [-0.25, -0.2) is 9.97 Å². The normalized spacial score (nSPS) is 23.1. The fraction of sp³-hybridized carbons (Fsp3) is 0.571. The van der Waals surface area contributed by atoms with Crippen LogP contribution in [0.1, 0.15) is 24.1 Å². The quantitative estimate of drug-likeness (QED) is 0.933. The van der Waals surface area contributed by atoms with Crippen LogP contribution in [0.5, 0.6) is 5.88 Å². The molecule has 5 heteroatoms. The van der Waals surface area contributed by atoms with Crippen molar-refractivity contribution in [2.45, 2.75) is 26.2 Å². The van der Waals surface area contributed by atoms with E-state index in [0.29, 0.717) is 11.8 Å². The van der Waals surface area contributed by atoms with Gasteiger partial charge in [0.05, 0.1) is 12.0 Å². The summed E-state index contributed by atoms with van der Waals surface area (Å²) >= 11 is 1.68. The molecule has 2 aromatic heterocycles. The maximum Gasteiger partial charge on any atom is 0.225 e. The van der Waals surface area contributed by atoms with E-state index >= 15 is 0 Å². The smallest absolute Gasteiger partial charge is 0.225 e. The van der Waals surface area contributed by atoms with Crippen LogP contribution >= 0.6 is 11.3 Å². The van der Waals surface area contributed by atoms with Gasteiger partial charge in [0.25, 0.3) is 0 Å². The minimum Gasteiger partial charge on any atom is -0.477 e. The monoisotopic (exact) mass is 277 g/mol. The van der Waals surface area contributed by atoms with E-state index in [9.17, 15) is 0 Å². The fourth-order valence-corrected chi connectivity index (χ4v) is 3.74. The average Bonchev–Trinajstić information content (AvgIpc) is 3.00. The van der Waals surface area contributed by atoms with E-state index in [1.807, 2.05) is 0 Å². The summed E-state index contributed by atoms with van der Waals surface area (Å²) in [7, 11) is 0. The minimum atomic E-state index is 0.578. The van der Waals surface area contributed by atoms with Gasteiger partial charge in [0.15, 0.2) is 0 Å². The van der Waals surface area contributed by atoms with E-state index in [4.69, 9.17) is 10.5 Å². The molecular formula is C14H19N3OS. The number of aryl methyl sites for hydroxylation is 1. The van der Waals surface area contributed by atoms with Crippen LogP contribution in [0.3, 0.4) is 0 Å². The van der Waals surface area contributed by atoms with Gasteiger partial charge >= 0.3 is 0 Å². The van der Waals surface area contributed by atoms with Gasteiger partial charge < -0.3 is 10.5 Å². The van der Waals surface area contributed by atoms with Crippen molar-refractivity contribution in [2.75, 3.05) is 13.2 Å². The molecule has 0 radical (unpaired) electrons. The molecule has 0 aromatic carbocycles. The SMILES string of the molecule is Cc1cc2c(OCC3CCCC3CN)ncnc2s1. The third-order valence-electron chi connectivity index (χ3n) is 3.97. The summed E-state index contributed by atoms with van der Waals surface area (Å²) in [6.07, 6.45) is 5.31. The number of rotatable bonds is 4. The summed E-state index contributed by atoms with van der Waals surface area (Å²) < 4.78 is 5.95. The second-order valence-corrected chi connectivity index (χ2v) is 6.49. The zero-order valence-corrected chi connectivity index (χ0v) is 11.9. The van der Waals surface area contributed by atoms with E-state index in [1.165, 1.54) is 24.1 Å². The lowest BCUT2D eigenvalue weighted by Crippen LogP contribution is -2.23. The van der Waals surface area contributed by atoms with Crippen LogP contribution in [0.2, 0.25) is 0 Å². The molecule has 102 valence electrons. The molecule has 19 heavy (non-hydrogen) atoms. The summed E-state index contributed by atoms with van der Waals surface area (Å²) in [5.74, 6) is 1.91. The molecule has 2 aromatic rings. The third-order valence-corrected chi connectivity index (χ3v) is 4.93. The molecule has 0 spiro atoms. The van der Waals surface area contributed by atoms with E-state index in [1.54, 1.807) is 17.7 Å². The lowest BCUT2D eigenvalue weighted by molar-refractivity contribution is 0.212. The van der Waals surface area contributed by atoms with Gasteiger partial charge in [-0.05, 0) is 44.2 Å². The van der Waals surface area contributed by atoms with Gasteiger partial charge in [0.1, 0.15) is 11.2 Å². The second kappa shape index (κ2) is 5.43. The minimum absolute atomic E-state index is 0.578. The average molecular weight is 277 g/mol. The lowest BCUT2D eigenvalue weighted by atomic mass is 9.97. The van der Waals surface area contributed by atoms with Crippen LogP contribution in [0.15, 0.2) is 12.4 Å². The highest BCUT2D eigenvalue weighted by Crippen LogP contribution is 2.33. The Morgan fingerprint density at radius 2 is 2.21 bits per heavy atom. The van der Waals surface area contributed by atoms with E-state index < -0.39 is 0 Å². The summed E-state index contributed by atoms with van der Waals surface area (Å²) in [6.45, 7) is 3.57. The van der Waals surface area contributed by atoms with Crippen molar-refractivity contribution < 1.29 is 4.74 Å². The van der Waals surface area contributed by atoms with Gasteiger partial charge in [-0.15, -0.1) is 11.3 Å². The number of aromatic nitrogens is 2. The molecule has 2 N–H and O–H groups in total. The van der Waals surface area contributed by atoms with Gasteiger partial charge in [-0.3, -0.25) is 0 Å². The summed E-state index contributed by atoms with van der Waals surface area (Å²) in [6, 6.07) is 2.10. The van der Waals surface area contributed by atoms with Crippen molar-refractivity contribution in [3.8, 4) is 5.88 Å². The first-order valence-corrected chi connectivity index (χ1v) is 7.63. The summed E-state index contributed by atoms with van der Waals surface area (Å²) in [4.78, 5) is 10.8. The first kappa shape index (κ1) is 12.8. The summed E-state index contributed by atoms with van der Waals surface area (Å²) in [5.41, 5.74) is 5.81. The maximum atomic E-state index is 5.95. The van der Waals surface area contributed by atoms with Crippen LogP contribution in [-0.4, -0.2) is 23.1 Å². The molecule has 0 saturated heterocycles. The van der Waals surface area contributed by atoms with Crippen LogP contribution in [0.25, 0.3) is 10.2 Å². The molecule has 2 heterocycles. The Hall–Kier alpha value is -1.20. The third kappa shape index (κ3) is 2.58. The van der Waals surface area contributed by atoms with Gasteiger partial charge in [-0.1, -0.05) is 6.42 Å². The molecule has 2 unspecified atom stereocenters. The molecule has 1 aliphatic rings. The predicted octanol–water partition coefficient (Wildman–Crippen LogP) is 2.75. The zero-order valence-electron chi connectivity index (χ0n) is 11.1. The highest BCUT2D eigenvalue weighted by molar-refractivity contribution is 7.18. The number of hydrogen-bond donors (Lipinski definition) is 1. The predicted molar refractivity (Wildman–Crippen MR) is 77.5 cm³/mol. The largest absolute Gasteiger partial charge is 0.477 e. The molecule has 4 nitrogen and oxygen atoms in total. The number of ether oxygens (including phenoxy) is 1. The maximum absolute atomic E-state index is 5.95. The van der Waals surface area contributed by atoms with E-state index in [2.05, 4.69) is 23.0 Å². The van der Waals surface area contributed by atoms with Crippen LogP contribution in [0, 0.1) is 18.8 Å². The second-order valence-electron chi connectivity index (χ2n) is 5.25. The Morgan fingerprint density at radius 3 is 3.05 bits per heavy atom. The highest BCUT2D eigenvalue weighted by atomic mass is 32.1. The molecule has 1 fully saturated rings. The van der Waals surface area contributed by atoms with Crippen molar-refractivity contribution in [2.24, 2.45) is 17.6 Å². The lowest BCUT2D eigenvalue weighted by Gasteiger charge is -2.18. The van der Waals surface area contributed by atoms with Crippen molar-refractivity contribution in [1.29, 1.82) is 0 Å². The van der Waals surface area contributed by atoms with Gasteiger partial charge in [0.2, 0.25) is 5.88 Å². The molecule has 0 amide bonds. The first-order chi connectivity index (χ1) is 9.28. The van der Waals surface area contributed by atoms with Crippen LogP contribution in [0.4, 0.5) is 0 Å². The topological polar surface area (TPSA) is 61.0 Å². The van der Waals surface area contributed by atoms with Crippen molar-refractivity contribution >= 4 is 21.6 Å². The van der Waals surface area contributed by atoms with Crippen molar-refractivity contribution in [1.82, 2.24) is 9.97 Å². The molecule has 0 bridgehead atoms. The van der Waals surface area contributed by atoms with Crippen molar-refractivity contribution in [3.63, 3.8) is 0 Å². The standard InChI is InChI=1S/C14H19N3OS/c1-9-5-12-13(16-8-17-14(12)19-9)18-7-11-4-2-3-10(11)6-15/h5,8,10-11H,2-4,6-7,15H2,1H3. The molecule has 0 aliphatic heterocycles. The molecule has 1 saturated carbocycles. The van der Waals surface area contributed by atoms with E-state index in [-0.39, 0.29) is 0 Å². The number of fused-ring (bicyclic) bond motifs is 1. The Kier molecular flexibility index (Phi) is 3.66. The Morgan fingerprint density at radius 1 is 1.37 bits per heavy atom. The Bertz CT molecular complexity index is 569. The van der Waals surface area contributed by atoms with Crippen LogP contribution < -0.4 is 10.5 Å². The Balaban J connectivity index is 1.74. The molecular weight excluding hydrogens is 258 g/mol. The number of hydrogen-bond acceptors (Lipinski definition) is 5. The number of nitrogens with two attached hydrogens (primary N) is 1. The highest BCUT2D eigenvalue weighted by Gasteiger charge is 2.26. The molecule has 3 rings (SSSR count). The van der Waals surface area contributed by atoms with Crippen LogP contribution in [-0.2, 0) is 0 Å². The van der Waals surface area contributed by atoms with Gasteiger partial charge in [0, 0.05) is 4.88 Å². The van der Waals surface area contributed by atoms with E-state index in [0.717, 1.165) is 29.2 Å². The first-order valence-electron chi connectivity index (χ1n) is 6.82. The zero-order chi connectivity index (χ0) is 13.2. The number of nitrogens with zero attached hydrogens (tertiary/aromatic N) is 2. The molecule has 1 aliphatic carbocycles. The van der Waals surface area contributed by atoms with Gasteiger partial charge in [-0.2, -0.15) is 0 Å². The fourth-order valence-electron chi connectivity index (χ4n) is 2.90.